The zero-order valence-electron chi connectivity index (χ0n) is 35.6. The van der Waals surface area contributed by atoms with Gasteiger partial charge in [0.2, 0.25) is 25.9 Å². The number of nitrogens with two attached hydrogens (primary N) is 1. The summed E-state index contributed by atoms with van der Waals surface area (Å²) in [6.45, 7) is 4.31. The molecule has 0 aliphatic rings. The Kier molecular flexibility index (Phi) is 14.3. The van der Waals surface area contributed by atoms with Gasteiger partial charge in [0.25, 0.3) is 0 Å². The van der Waals surface area contributed by atoms with Crippen LogP contribution in [-0.2, 0) is 44.4 Å². The van der Waals surface area contributed by atoms with Gasteiger partial charge in [0.15, 0.2) is 0 Å². The van der Waals surface area contributed by atoms with Crippen molar-refractivity contribution in [3.8, 4) is 39.8 Å². The molecular formula is C43H49N9O9S2. The fourth-order valence-corrected chi connectivity index (χ4v) is 9.77. The smallest absolute Gasteiger partial charge is 0.407 e. The molecule has 0 saturated heterocycles. The molecule has 0 fully saturated rings. The van der Waals surface area contributed by atoms with E-state index in [4.69, 9.17) is 24.7 Å². The number of carbonyl (C=O) groups excluding carboxylic acids is 1. The summed E-state index contributed by atoms with van der Waals surface area (Å²) in [7, 11) is -5.00. The number of nitrogen functional groups attached to an aromatic ring is 1. The first kappa shape index (κ1) is 45.9. The topological polar surface area (TPSA) is 232 Å². The molecule has 4 aromatic carbocycles. The number of ether oxygens (including phenoxy) is 4. The Morgan fingerprint density at radius 2 is 1.30 bits per heavy atom. The Balaban J connectivity index is 1.55. The van der Waals surface area contributed by atoms with Gasteiger partial charge in [0.1, 0.15) is 38.5 Å². The van der Waals surface area contributed by atoms with E-state index in [9.17, 15) is 13.2 Å². The lowest BCUT2D eigenvalue weighted by Crippen LogP contribution is -2.38. The molecule has 4 N–H and O–H groups in total. The minimum Gasteiger partial charge on any atom is -0.497 e. The van der Waals surface area contributed by atoms with Crippen LogP contribution in [0.25, 0.3) is 22.5 Å². The van der Waals surface area contributed by atoms with E-state index in [1.165, 1.54) is 47.7 Å². The van der Waals surface area contributed by atoms with Crippen LogP contribution in [0.2, 0.25) is 0 Å². The summed E-state index contributed by atoms with van der Waals surface area (Å²) in [5.74, 6) is 1.76. The number of sulfonamides is 2. The maximum Gasteiger partial charge on any atom is 0.407 e. The Labute approximate surface area is 366 Å². The van der Waals surface area contributed by atoms with Gasteiger partial charge in [-0.25, -0.2) is 31.3 Å². The summed E-state index contributed by atoms with van der Waals surface area (Å²) in [6, 6.07) is 26.7. The molecule has 332 valence electrons. The molecule has 2 heterocycles. The number of hydrogen-bond donors (Lipinski definition) is 3. The number of methoxy groups -OCH3 is 3. The van der Waals surface area contributed by atoms with E-state index in [0.29, 0.717) is 33.9 Å². The Morgan fingerprint density at radius 3 is 1.81 bits per heavy atom. The maximum atomic E-state index is 15.8. The molecule has 0 saturated carbocycles. The highest BCUT2D eigenvalue weighted by molar-refractivity contribution is 7.92. The minimum atomic E-state index is -4.90. The number of tetrazole rings is 1. The first-order valence-corrected chi connectivity index (χ1v) is 22.4. The van der Waals surface area contributed by atoms with Crippen molar-refractivity contribution >= 4 is 32.0 Å². The highest BCUT2D eigenvalue weighted by Crippen LogP contribution is 2.41. The molecule has 6 rings (SSSR count). The third-order valence-electron chi connectivity index (χ3n) is 9.39. The van der Waals surface area contributed by atoms with Crippen molar-refractivity contribution in [3.05, 3.63) is 120 Å². The summed E-state index contributed by atoms with van der Waals surface area (Å²) in [6.07, 6.45) is 0.679. The van der Waals surface area contributed by atoms with Crippen molar-refractivity contribution in [1.29, 1.82) is 0 Å². The molecule has 0 radical (unpaired) electrons. The molecule has 0 aliphatic heterocycles. The molecule has 0 aliphatic carbocycles. The molecule has 6 aromatic rings. The number of alkyl carbamates (subject to hydrolysis) is 1. The zero-order chi connectivity index (χ0) is 45.4. The highest BCUT2D eigenvalue weighted by atomic mass is 32.2. The van der Waals surface area contributed by atoms with Crippen molar-refractivity contribution in [2.75, 3.05) is 40.2 Å². The van der Waals surface area contributed by atoms with Crippen LogP contribution in [-0.4, -0.2) is 92.4 Å². The van der Waals surface area contributed by atoms with Crippen LogP contribution >= 0.6 is 0 Å². The van der Waals surface area contributed by atoms with Gasteiger partial charge in [0.05, 0.1) is 33.4 Å². The number of nitrogens with zero attached hydrogens (tertiary/aromatic N) is 6. The quantitative estimate of drug-likeness (QED) is 0.0936. The lowest BCUT2D eigenvalue weighted by Gasteiger charge is -2.26. The van der Waals surface area contributed by atoms with E-state index < -0.39 is 41.5 Å². The second-order valence-corrected chi connectivity index (χ2v) is 18.7. The molecule has 0 unspecified atom stereocenters. The molecule has 0 spiro atoms. The number of carbonyl (C=O) groups is 1. The van der Waals surface area contributed by atoms with Crippen LogP contribution in [0, 0.1) is 0 Å². The Bertz CT molecular complexity index is 2680. The second kappa shape index (κ2) is 19.6. The average molecular weight is 900 g/mol. The summed E-state index contributed by atoms with van der Waals surface area (Å²) in [5, 5.41) is 15.8. The monoisotopic (exact) mass is 899 g/mol. The van der Waals surface area contributed by atoms with Gasteiger partial charge in [-0.2, -0.15) is 9.10 Å². The van der Waals surface area contributed by atoms with Crippen LogP contribution in [0.3, 0.4) is 0 Å². The van der Waals surface area contributed by atoms with Crippen LogP contribution in [0.1, 0.15) is 37.5 Å². The van der Waals surface area contributed by atoms with Gasteiger partial charge in [0, 0.05) is 37.9 Å². The van der Waals surface area contributed by atoms with E-state index in [1.807, 2.05) is 12.1 Å². The number of aromatic nitrogens is 5. The third-order valence-corrected chi connectivity index (χ3v) is 12.9. The summed E-state index contributed by atoms with van der Waals surface area (Å²) in [4.78, 5) is 16.6. The van der Waals surface area contributed by atoms with E-state index >= 15 is 8.42 Å². The fraction of sp³-hybridized carbons (Fsp3) is 0.279. The van der Waals surface area contributed by atoms with Crippen LogP contribution in [0.4, 0.5) is 10.6 Å². The molecule has 18 nitrogen and oxygen atoms in total. The molecule has 0 atom stereocenters. The van der Waals surface area contributed by atoms with Crippen molar-refractivity contribution in [2.24, 2.45) is 0 Å². The lowest BCUT2D eigenvalue weighted by molar-refractivity contribution is 0.0528. The van der Waals surface area contributed by atoms with Crippen LogP contribution < -0.4 is 30.0 Å². The molecule has 0 bridgehead atoms. The Hall–Kier alpha value is -6.61. The van der Waals surface area contributed by atoms with Crippen molar-refractivity contribution in [2.45, 2.75) is 55.8 Å². The number of rotatable bonds is 18. The Morgan fingerprint density at radius 1 is 0.746 bits per heavy atom. The zero-order valence-corrected chi connectivity index (χ0v) is 37.2. The van der Waals surface area contributed by atoms with Crippen molar-refractivity contribution in [1.82, 2.24) is 39.5 Å². The fourth-order valence-electron chi connectivity index (χ4n) is 6.33. The van der Waals surface area contributed by atoms with Gasteiger partial charge in [-0.15, -0.1) is 10.2 Å². The minimum absolute atomic E-state index is 0.128. The standard InChI is InChI=1S/C43H49N9O9S2/c1-43(2,3)61-42(53)45-23-24-47-62(54,55)37-21-20-36(32-13-22-38(44)46-25-32)39(41-48-50-52(49-41)28-31-11-18-35(60-6)19-12-31)40(37)63(56,57)51(26-29-7-14-33(58-4)15-8-29)27-30-9-16-34(59-5)17-10-30/h7-22,25,47H,23-24,26-28H2,1-6H3,(H2,44,46)(H,45,53). The van der Waals surface area contributed by atoms with Crippen molar-refractivity contribution in [3.63, 3.8) is 0 Å². The summed E-state index contributed by atoms with van der Waals surface area (Å²) >= 11 is 0. The summed E-state index contributed by atoms with van der Waals surface area (Å²) < 4.78 is 85.6. The predicted molar refractivity (Wildman–Crippen MR) is 235 cm³/mol. The largest absolute Gasteiger partial charge is 0.497 e. The summed E-state index contributed by atoms with van der Waals surface area (Å²) in [5.41, 5.74) is 7.55. The lowest BCUT2D eigenvalue weighted by atomic mass is 10.0. The third kappa shape index (κ3) is 11.7. The van der Waals surface area contributed by atoms with E-state index in [0.717, 1.165) is 5.56 Å². The highest BCUT2D eigenvalue weighted by Gasteiger charge is 2.38. The van der Waals surface area contributed by atoms with Gasteiger partial charge < -0.3 is 30.0 Å². The van der Waals surface area contributed by atoms with E-state index in [2.05, 4.69) is 30.4 Å². The molecule has 63 heavy (non-hydrogen) atoms. The molecule has 20 heteroatoms. The average Bonchev–Trinajstić information content (AvgIpc) is 3.73. The van der Waals surface area contributed by atoms with Gasteiger partial charge in [-0.1, -0.05) is 42.5 Å². The first-order valence-electron chi connectivity index (χ1n) is 19.5. The molecule has 2 aromatic heterocycles. The predicted octanol–water partition coefficient (Wildman–Crippen LogP) is 5.25. The first-order chi connectivity index (χ1) is 30.0. The number of hydrogen-bond acceptors (Lipinski definition) is 14. The van der Waals surface area contributed by atoms with E-state index in [1.54, 1.807) is 94.6 Å². The SMILES string of the molecule is COc1ccc(CN(Cc2ccc(OC)cc2)S(=O)(=O)c2c(S(=O)(=O)NCCNC(=O)OC(C)(C)C)ccc(-c3ccc(N)nc3)c2-c2nnn(Cc3ccc(OC)cc3)n2)cc1. The van der Waals surface area contributed by atoms with Gasteiger partial charge in [-0.05, 0) is 103 Å². The van der Waals surface area contributed by atoms with Crippen LogP contribution in [0.15, 0.2) is 113 Å². The normalized spacial score (nSPS) is 11.9. The number of nitrogens with one attached hydrogen (secondary N) is 2. The maximum absolute atomic E-state index is 15.8. The van der Waals surface area contributed by atoms with Crippen LogP contribution in [0.5, 0.6) is 17.2 Å². The second-order valence-electron chi connectivity index (χ2n) is 15.1. The number of anilines is 1. The van der Waals surface area contributed by atoms with Gasteiger partial charge >= 0.3 is 6.09 Å². The molecular weight excluding hydrogens is 851 g/mol. The number of amides is 1. The number of pyridine rings is 1. The van der Waals surface area contributed by atoms with Crippen molar-refractivity contribution < 1.29 is 40.6 Å². The number of benzene rings is 4. The molecule has 1 amide bonds. The van der Waals surface area contributed by atoms with Gasteiger partial charge in [-0.3, -0.25) is 0 Å². The van der Waals surface area contributed by atoms with E-state index in [-0.39, 0.29) is 55.5 Å².